The summed E-state index contributed by atoms with van der Waals surface area (Å²) in [5.74, 6) is 0.976. The lowest BCUT2D eigenvalue weighted by Gasteiger charge is -2.25. The van der Waals surface area contributed by atoms with Crippen LogP contribution in [-0.4, -0.2) is 58.7 Å². The number of hydrogen-bond acceptors (Lipinski definition) is 5. The molecule has 0 spiro atoms. The van der Waals surface area contributed by atoms with E-state index in [1.807, 2.05) is 24.9 Å². The number of nitrogens with zero attached hydrogens (tertiary/aromatic N) is 3. The summed E-state index contributed by atoms with van der Waals surface area (Å²) < 4.78 is 0. The van der Waals surface area contributed by atoms with E-state index in [2.05, 4.69) is 87.4 Å². The molecule has 2 aromatic carbocycles. The lowest BCUT2D eigenvalue weighted by molar-refractivity contribution is -0.138. The van der Waals surface area contributed by atoms with Crippen LogP contribution in [0.5, 0.6) is 0 Å². The van der Waals surface area contributed by atoms with Crippen molar-refractivity contribution >= 4 is 5.97 Å². The van der Waals surface area contributed by atoms with Gasteiger partial charge in [0.05, 0.1) is 6.54 Å². The predicted octanol–water partition coefficient (Wildman–Crippen LogP) is 8.05. The fraction of sp³-hybridized carbons (Fsp3) is 0.553. The molecule has 44 heavy (non-hydrogen) atoms. The second kappa shape index (κ2) is 20.8. The molecule has 1 saturated heterocycles. The van der Waals surface area contributed by atoms with Crippen molar-refractivity contribution in [2.75, 3.05) is 32.7 Å². The molecule has 2 N–H and O–H groups in total. The van der Waals surface area contributed by atoms with Gasteiger partial charge in [-0.1, -0.05) is 90.4 Å². The molecule has 1 fully saturated rings. The van der Waals surface area contributed by atoms with Crippen LogP contribution in [0.1, 0.15) is 107 Å². The zero-order valence-electron chi connectivity index (χ0n) is 28.6. The molecule has 6 heteroatoms. The SMILES string of the molecule is CC.CC[C@H]1CCCCc2ccccc21.CCc1cnc(-c2c(CC)cccc2CC)nc1C.O=C(O)CN1CCNCC1. The van der Waals surface area contributed by atoms with E-state index in [0.717, 1.165) is 62.9 Å². The molecule has 0 amide bonds. The van der Waals surface area contributed by atoms with Gasteiger partial charge in [0.25, 0.3) is 0 Å². The van der Waals surface area contributed by atoms with Crippen LogP contribution in [0.25, 0.3) is 11.4 Å². The quantitative estimate of drug-likeness (QED) is 0.267. The fourth-order valence-corrected chi connectivity index (χ4v) is 6.00. The van der Waals surface area contributed by atoms with Gasteiger partial charge in [-0.05, 0) is 85.6 Å². The summed E-state index contributed by atoms with van der Waals surface area (Å²) in [6, 6.07) is 15.5. The maximum absolute atomic E-state index is 10.2. The van der Waals surface area contributed by atoms with Crippen molar-refractivity contribution in [3.8, 4) is 11.4 Å². The van der Waals surface area contributed by atoms with Gasteiger partial charge in [0.15, 0.2) is 5.82 Å². The molecule has 1 atom stereocenters. The molecule has 0 saturated carbocycles. The monoisotopic (exact) mass is 602 g/mol. The van der Waals surface area contributed by atoms with Gasteiger partial charge < -0.3 is 10.4 Å². The van der Waals surface area contributed by atoms with Crippen molar-refractivity contribution in [1.29, 1.82) is 0 Å². The van der Waals surface area contributed by atoms with Crippen LogP contribution in [0.2, 0.25) is 0 Å². The highest BCUT2D eigenvalue weighted by molar-refractivity contribution is 5.69. The predicted molar refractivity (Wildman–Crippen MR) is 186 cm³/mol. The topological polar surface area (TPSA) is 78.3 Å². The summed E-state index contributed by atoms with van der Waals surface area (Å²) in [5, 5.41) is 11.6. The molecule has 6 nitrogen and oxygen atoms in total. The number of aryl methyl sites for hydroxylation is 5. The number of carbonyl (C=O) groups is 1. The average Bonchev–Trinajstić information content (AvgIpc) is 3.28. The second-order valence-corrected chi connectivity index (χ2v) is 11.3. The minimum atomic E-state index is -0.734. The van der Waals surface area contributed by atoms with E-state index in [4.69, 9.17) is 10.1 Å². The third kappa shape index (κ3) is 11.4. The summed E-state index contributed by atoms with van der Waals surface area (Å²) in [6.07, 6.45) is 11.8. The molecule has 2 aliphatic rings. The first-order valence-corrected chi connectivity index (χ1v) is 17.1. The first-order chi connectivity index (χ1) is 21.4. The van der Waals surface area contributed by atoms with Crippen LogP contribution in [0, 0.1) is 6.92 Å². The Balaban J connectivity index is 0.000000235. The molecule has 1 aromatic heterocycles. The molecule has 5 rings (SSSR count). The Morgan fingerprint density at radius 2 is 1.55 bits per heavy atom. The van der Waals surface area contributed by atoms with Gasteiger partial charge in [0.1, 0.15) is 0 Å². The summed E-state index contributed by atoms with van der Waals surface area (Å²) >= 11 is 0. The smallest absolute Gasteiger partial charge is 0.317 e. The third-order valence-electron chi connectivity index (χ3n) is 8.49. The largest absolute Gasteiger partial charge is 0.480 e. The first-order valence-electron chi connectivity index (χ1n) is 17.1. The minimum Gasteiger partial charge on any atom is -0.480 e. The standard InChI is InChI=1S/C17H22N2.C13H18.C6H12N2O2.C2H6/c1-5-13-9-8-10-14(6-2)16(13)17-18-11-15(7-3)12(4)19-17;1-2-11-7-3-4-8-12-9-5-6-10-13(11)12;9-6(10)5-8-3-1-7-2-4-8;1-2/h8-11H,5-7H2,1-4H3;5-6,9-11H,2-4,7-8H2,1H3;7H,1-5H2,(H,9,10);1-2H3/t;11-;;/m.0../s1. The number of aromatic nitrogens is 2. The van der Waals surface area contributed by atoms with Crippen molar-refractivity contribution in [2.24, 2.45) is 0 Å². The number of rotatable bonds is 7. The number of nitrogens with one attached hydrogen (secondary N) is 1. The fourth-order valence-electron chi connectivity index (χ4n) is 6.00. The van der Waals surface area contributed by atoms with Crippen LogP contribution >= 0.6 is 0 Å². The number of hydrogen-bond donors (Lipinski definition) is 2. The Morgan fingerprint density at radius 1 is 0.909 bits per heavy atom. The summed E-state index contributed by atoms with van der Waals surface area (Å²) in [4.78, 5) is 21.4. The lowest BCUT2D eigenvalue weighted by atomic mass is 9.91. The van der Waals surface area contributed by atoms with Crippen LogP contribution in [0.3, 0.4) is 0 Å². The molecule has 2 heterocycles. The Bertz CT molecular complexity index is 1230. The highest BCUT2D eigenvalue weighted by Gasteiger charge is 2.16. The van der Waals surface area contributed by atoms with Crippen molar-refractivity contribution in [3.63, 3.8) is 0 Å². The normalized spacial score (nSPS) is 16.0. The Morgan fingerprint density at radius 3 is 2.11 bits per heavy atom. The Hall–Kier alpha value is -3.09. The molecule has 1 aliphatic heterocycles. The first kappa shape index (κ1) is 37.1. The summed E-state index contributed by atoms with van der Waals surface area (Å²) in [6.45, 7) is 18.6. The van der Waals surface area contributed by atoms with Gasteiger partial charge in [-0.25, -0.2) is 9.97 Å². The Kier molecular flexibility index (Phi) is 17.5. The van der Waals surface area contributed by atoms with Crippen molar-refractivity contribution in [2.45, 2.75) is 106 Å². The molecule has 3 aromatic rings. The molecule has 0 bridgehead atoms. The van der Waals surface area contributed by atoms with Gasteiger partial charge in [-0.3, -0.25) is 9.69 Å². The number of carboxylic acids is 1. The summed E-state index contributed by atoms with van der Waals surface area (Å²) in [7, 11) is 0. The van der Waals surface area contributed by atoms with E-state index in [0.29, 0.717) is 0 Å². The zero-order valence-corrected chi connectivity index (χ0v) is 28.6. The van der Waals surface area contributed by atoms with Crippen molar-refractivity contribution < 1.29 is 9.90 Å². The Labute approximate surface area is 267 Å². The lowest BCUT2D eigenvalue weighted by Crippen LogP contribution is -2.45. The molecular formula is C38H58N4O2. The van der Waals surface area contributed by atoms with Gasteiger partial charge in [0, 0.05) is 43.6 Å². The molecule has 0 radical (unpaired) electrons. The zero-order chi connectivity index (χ0) is 32.3. The third-order valence-corrected chi connectivity index (χ3v) is 8.49. The van der Waals surface area contributed by atoms with Crippen molar-refractivity contribution in [1.82, 2.24) is 20.2 Å². The van der Waals surface area contributed by atoms with Crippen LogP contribution < -0.4 is 5.32 Å². The van der Waals surface area contributed by atoms with E-state index in [-0.39, 0.29) is 6.54 Å². The second-order valence-electron chi connectivity index (χ2n) is 11.3. The highest BCUT2D eigenvalue weighted by Crippen LogP contribution is 2.32. The minimum absolute atomic E-state index is 0.182. The highest BCUT2D eigenvalue weighted by atomic mass is 16.4. The molecule has 0 unspecified atom stereocenters. The maximum atomic E-state index is 10.2. The van der Waals surface area contributed by atoms with E-state index < -0.39 is 5.97 Å². The van der Waals surface area contributed by atoms with Gasteiger partial charge in [0.2, 0.25) is 0 Å². The molecule has 1 aliphatic carbocycles. The van der Waals surface area contributed by atoms with Crippen LogP contribution in [0.4, 0.5) is 0 Å². The van der Waals surface area contributed by atoms with E-state index in [1.54, 1.807) is 11.1 Å². The van der Waals surface area contributed by atoms with Crippen LogP contribution in [-0.2, 0) is 30.5 Å². The average molecular weight is 603 g/mol. The van der Waals surface area contributed by atoms with Crippen molar-refractivity contribution in [3.05, 3.63) is 82.2 Å². The number of aliphatic carboxylic acids is 1. The maximum Gasteiger partial charge on any atom is 0.317 e. The number of piperazine rings is 1. The van der Waals surface area contributed by atoms with E-state index in [9.17, 15) is 4.79 Å². The van der Waals surface area contributed by atoms with Gasteiger partial charge in [-0.15, -0.1) is 0 Å². The molecule has 242 valence electrons. The van der Waals surface area contributed by atoms with Gasteiger partial charge >= 0.3 is 5.97 Å². The number of benzene rings is 2. The van der Waals surface area contributed by atoms with Crippen LogP contribution in [0.15, 0.2) is 48.7 Å². The molecular weight excluding hydrogens is 544 g/mol. The van der Waals surface area contributed by atoms with Gasteiger partial charge in [-0.2, -0.15) is 0 Å². The van der Waals surface area contributed by atoms with E-state index in [1.165, 1.54) is 54.4 Å². The van der Waals surface area contributed by atoms with E-state index >= 15 is 0 Å². The number of fused-ring (bicyclic) bond motifs is 1. The number of carboxylic acid groups (broad SMARTS) is 1. The summed E-state index contributed by atoms with van der Waals surface area (Å²) in [5.41, 5.74) is 9.47.